The number of halogens is 1. The topological polar surface area (TPSA) is 67.6 Å². The summed E-state index contributed by atoms with van der Waals surface area (Å²) in [5, 5.41) is 7.13. The Morgan fingerprint density at radius 1 is 1.11 bits per heavy atom. The summed E-state index contributed by atoms with van der Waals surface area (Å²) in [6, 6.07) is 12.1. The van der Waals surface area contributed by atoms with E-state index in [1.165, 1.54) is 3.57 Å². The van der Waals surface area contributed by atoms with Crippen molar-refractivity contribution in [3.05, 3.63) is 52.4 Å². The van der Waals surface area contributed by atoms with E-state index in [0.717, 1.165) is 22.4 Å². The molecule has 19 heavy (non-hydrogen) atoms. The summed E-state index contributed by atoms with van der Waals surface area (Å²) in [7, 11) is 0. The number of H-pyrrole nitrogens is 1. The van der Waals surface area contributed by atoms with E-state index in [1.807, 2.05) is 30.3 Å². The monoisotopic (exact) mass is 362 g/mol. The van der Waals surface area contributed by atoms with Crippen LogP contribution in [0.5, 0.6) is 0 Å². The molecular formula is C14H11IN4. The van der Waals surface area contributed by atoms with E-state index in [2.05, 4.69) is 43.8 Å². The van der Waals surface area contributed by atoms with Crippen LogP contribution in [0.15, 0.2) is 48.8 Å². The van der Waals surface area contributed by atoms with Gasteiger partial charge in [0.1, 0.15) is 0 Å². The third-order valence-electron chi connectivity index (χ3n) is 2.86. The normalized spacial score (nSPS) is 10.6. The summed E-state index contributed by atoms with van der Waals surface area (Å²) in [6.07, 6.45) is 3.53. The van der Waals surface area contributed by atoms with Crippen molar-refractivity contribution in [2.24, 2.45) is 0 Å². The molecular weight excluding hydrogens is 351 g/mol. The van der Waals surface area contributed by atoms with E-state index >= 15 is 0 Å². The lowest BCUT2D eigenvalue weighted by Crippen LogP contribution is -1.89. The van der Waals surface area contributed by atoms with Crippen molar-refractivity contribution in [2.45, 2.75) is 0 Å². The number of rotatable bonds is 2. The first-order valence-electron chi connectivity index (χ1n) is 5.76. The molecule has 0 aliphatic carbocycles. The summed E-state index contributed by atoms with van der Waals surface area (Å²) in [5.74, 6) is 0.488. The van der Waals surface area contributed by atoms with Crippen LogP contribution in [0.3, 0.4) is 0 Å². The molecule has 94 valence electrons. The lowest BCUT2D eigenvalue weighted by atomic mass is 10.0. The molecule has 5 heteroatoms. The Morgan fingerprint density at radius 2 is 1.95 bits per heavy atom. The molecule has 0 saturated heterocycles. The SMILES string of the molecule is Nc1n[nH]c(-c2cccc(I)c2)c1-c1cccnc1. The molecule has 0 amide bonds. The first kappa shape index (κ1) is 12.2. The van der Waals surface area contributed by atoms with Crippen LogP contribution in [0.4, 0.5) is 5.82 Å². The van der Waals surface area contributed by atoms with Gasteiger partial charge in [-0.25, -0.2) is 0 Å². The molecule has 0 saturated carbocycles. The van der Waals surface area contributed by atoms with Gasteiger partial charge in [-0.3, -0.25) is 10.1 Å². The zero-order chi connectivity index (χ0) is 13.2. The van der Waals surface area contributed by atoms with Crippen molar-refractivity contribution < 1.29 is 0 Å². The van der Waals surface area contributed by atoms with Crippen molar-refractivity contribution in [2.75, 3.05) is 5.73 Å². The summed E-state index contributed by atoms with van der Waals surface area (Å²) in [5.41, 5.74) is 9.82. The molecule has 3 N–H and O–H groups in total. The van der Waals surface area contributed by atoms with Crippen LogP contribution in [0.25, 0.3) is 22.4 Å². The molecule has 3 rings (SSSR count). The molecule has 0 unspecified atom stereocenters. The standard InChI is InChI=1S/C14H11IN4/c15-11-5-1-3-9(7-11)13-12(14(16)19-18-13)10-4-2-6-17-8-10/h1-8H,(H3,16,18,19). The number of aromatic nitrogens is 3. The van der Waals surface area contributed by atoms with E-state index in [4.69, 9.17) is 5.73 Å². The van der Waals surface area contributed by atoms with Gasteiger partial charge in [0.15, 0.2) is 5.82 Å². The minimum Gasteiger partial charge on any atom is -0.382 e. The highest BCUT2D eigenvalue weighted by Gasteiger charge is 2.14. The van der Waals surface area contributed by atoms with Crippen molar-refractivity contribution in [3.63, 3.8) is 0 Å². The van der Waals surface area contributed by atoms with Crippen molar-refractivity contribution >= 4 is 28.4 Å². The molecule has 0 aliphatic rings. The number of pyridine rings is 1. The zero-order valence-corrected chi connectivity index (χ0v) is 12.1. The molecule has 0 spiro atoms. The number of aromatic amines is 1. The van der Waals surface area contributed by atoms with Gasteiger partial charge < -0.3 is 5.73 Å². The highest BCUT2D eigenvalue weighted by Crippen LogP contribution is 2.34. The van der Waals surface area contributed by atoms with Gasteiger partial charge in [-0.15, -0.1) is 0 Å². The highest BCUT2D eigenvalue weighted by molar-refractivity contribution is 14.1. The Labute approximate surface area is 124 Å². The van der Waals surface area contributed by atoms with Gasteiger partial charge in [-0.05, 0) is 40.8 Å². The fraction of sp³-hybridized carbons (Fsp3) is 0. The zero-order valence-electron chi connectivity index (χ0n) is 9.97. The van der Waals surface area contributed by atoms with E-state index in [-0.39, 0.29) is 0 Å². The van der Waals surface area contributed by atoms with Crippen LogP contribution in [-0.4, -0.2) is 15.2 Å². The minimum atomic E-state index is 0.488. The minimum absolute atomic E-state index is 0.488. The van der Waals surface area contributed by atoms with Crippen molar-refractivity contribution in [1.29, 1.82) is 0 Å². The first-order chi connectivity index (χ1) is 9.25. The quantitative estimate of drug-likeness (QED) is 0.688. The van der Waals surface area contributed by atoms with Crippen molar-refractivity contribution in [1.82, 2.24) is 15.2 Å². The van der Waals surface area contributed by atoms with Crippen LogP contribution in [0, 0.1) is 3.57 Å². The maximum absolute atomic E-state index is 5.98. The molecule has 2 aromatic heterocycles. The highest BCUT2D eigenvalue weighted by atomic mass is 127. The van der Waals surface area contributed by atoms with Crippen LogP contribution >= 0.6 is 22.6 Å². The molecule has 0 fully saturated rings. The number of nitrogens with two attached hydrogens (primary N) is 1. The number of nitrogens with one attached hydrogen (secondary N) is 1. The van der Waals surface area contributed by atoms with Crippen LogP contribution < -0.4 is 5.73 Å². The third-order valence-corrected chi connectivity index (χ3v) is 3.53. The maximum Gasteiger partial charge on any atom is 0.153 e. The van der Waals surface area contributed by atoms with Gasteiger partial charge in [-0.2, -0.15) is 5.10 Å². The predicted octanol–water partition coefficient (Wildman–Crippen LogP) is 3.33. The molecule has 0 bridgehead atoms. The third kappa shape index (κ3) is 2.33. The van der Waals surface area contributed by atoms with Gasteiger partial charge in [0.2, 0.25) is 0 Å². The van der Waals surface area contributed by atoms with Crippen LogP contribution in [0.2, 0.25) is 0 Å². The Balaban J connectivity index is 2.19. The van der Waals surface area contributed by atoms with E-state index in [9.17, 15) is 0 Å². The van der Waals surface area contributed by atoms with Gasteiger partial charge in [0.05, 0.1) is 11.3 Å². The van der Waals surface area contributed by atoms with E-state index in [0.29, 0.717) is 5.82 Å². The lowest BCUT2D eigenvalue weighted by Gasteiger charge is -2.04. The molecule has 4 nitrogen and oxygen atoms in total. The second-order valence-electron chi connectivity index (χ2n) is 4.11. The van der Waals surface area contributed by atoms with Gasteiger partial charge in [0.25, 0.3) is 0 Å². The maximum atomic E-state index is 5.98. The first-order valence-corrected chi connectivity index (χ1v) is 6.84. The number of benzene rings is 1. The number of anilines is 1. The fourth-order valence-electron chi connectivity index (χ4n) is 2.01. The van der Waals surface area contributed by atoms with Crippen molar-refractivity contribution in [3.8, 4) is 22.4 Å². The number of hydrogen-bond acceptors (Lipinski definition) is 3. The second-order valence-corrected chi connectivity index (χ2v) is 5.36. The van der Waals surface area contributed by atoms with Crippen LogP contribution in [-0.2, 0) is 0 Å². The van der Waals surface area contributed by atoms with Gasteiger partial charge in [0, 0.05) is 27.1 Å². The number of nitrogen functional groups attached to an aromatic ring is 1. The smallest absolute Gasteiger partial charge is 0.153 e. The molecule has 2 heterocycles. The van der Waals surface area contributed by atoms with Gasteiger partial charge >= 0.3 is 0 Å². The van der Waals surface area contributed by atoms with E-state index < -0.39 is 0 Å². The Hall–Kier alpha value is -1.89. The molecule has 0 atom stereocenters. The average Bonchev–Trinajstić information content (AvgIpc) is 2.82. The summed E-state index contributed by atoms with van der Waals surface area (Å²) >= 11 is 2.29. The summed E-state index contributed by atoms with van der Waals surface area (Å²) in [4.78, 5) is 4.14. The van der Waals surface area contributed by atoms with E-state index in [1.54, 1.807) is 12.4 Å². The largest absolute Gasteiger partial charge is 0.382 e. The molecule has 0 radical (unpaired) electrons. The van der Waals surface area contributed by atoms with Crippen LogP contribution in [0.1, 0.15) is 0 Å². The Kier molecular flexibility index (Phi) is 3.20. The molecule has 1 aromatic carbocycles. The lowest BCUT2D eigenvalue weighted by molar-refractivity contribution is 1.10. The molecule has 3 aromatic rings. The predicted molar refractivity (Wildman–Crippen MR) is 84.4 cm³/mol. The Bertz CT molecular complexity index is 706. The Morgan fingerprint density at radius 3 is 2.68 bits per heavy atom. The number of nitrogens with zero attached hydrogens (tertiary/aromatic N) is 2. The summed E-state index contributed by atoms with van der Waals surface area (Å²) in [6.45, 7) is 0. The average molecular weight is 362 g/mol. The summed E-state index contributed by atoms with van der Waals surface area (Å²) < 4.78 is 1.17. The second kappa shape index (κ2) is 5.00. The fourth-order valence-corrected chi connectivity index (χ4v) is 2.55. The molecule has 0 aliphatic heterocycles. The number of hydrogen-bond donors (Lipinski definition) is 2. The van der Waals surface area contributed by atoms with Gasteiger partial charge in [-0.1, -0.05) is 18.2 Å².